The zero-order valence-corrected chi connectivity index (χ0v) is 13.4. The molecule has 0 bridgehead atoms. The third-order valence-electron chi connectivity index (χ3n) is 3.53. The highest BCUT2D eigenvalue weighted by molar-refractivity contribution is 7.92. The van der Waals surface area contributed by atoms with E-state index >= 15 is 0 Å². The lowest BCUT2D eigenvalue weighted by atomic mass is 10.0. The minimum absolute atomic E-state index is 0.00467. The van der Waals surface area contributed by atoms with Gasteiger partial charge in [-0.15, -0.1) is 0 Å². The second-order valence-electron chi connectivity index (χ2n) is 6.15. The van der Waals surface area contributed by atoms with Crippen LogP contribution in [0.1, 0.15) is 32.8 Å². The van der Waals surface area contributed by atoms with E-state index in [0.29, 0.717) is 12.2 Å². The molecule has 1 heterocycles. The lowest BCUT2D eigenvalue weighted by molar-refractivity contribution is -0.116. The number of aryl methyl sites for hydroxylation is 1. The monoisotopic (exact) mass is 311 g/mol. The van der Waals surface area contributed by atoms with Crippen molar-refractivity contribution >= 4 is 21.4 Å². The number of fused-ring (bicyclic) bond motifs is 1. The highest BCUT2D eigenvalue weighted by Crippen LogP contribution is 2.27. The van der Waals surface area contributed by atoms with Crippen LogP contribution in [-0.2, 0) is 21.1 Å². The normalized spacial score (nSPS) is 15.3. The fourth-order valence-electron chi connectivity index (χ4n) is 2.02. The van der Waals surface area contributed by atoms with Gasteiger partial charge in [-0.1, -0.05) is 6.07 Å². The van der Waals surface area contributed by atoms with E-state index < -0.39 is 14.6 Å². The number of nitrogens with one attached hydrogen (secondary N) is 1. The van der Waals surface area contributed by atoms with Gasteiger partial charge in [0.2, 0.25) is 5.91 Å². The first kappa shape index (κ1) is 15.8. The average molecular weight is 311 g/mol. The molecule has 0 saturated carbocycles. The number of ether oxygens (including phenoxy) is 1. The predicted molar refractivity (Wildman–Crippen MR) is 82.4 cm³/mol. The zero-order chi connectivity index (χ0) is 15.7. The Labute approximate surface area is 125 Å². The van der Waals surface area contributed by atoms with Crippen LogP contribution in [0.25, 0.3) is 0 Å². The summed E-state index contributed by atoms with van der Waals surface area (Å²) in [5.74, 6) is 0.537. The van der Waals surface area contributed by atoms with Crippen molar-refractivity contribution in [1.82, 2.24) is 0 Å². The third kappa shape index (κ3) is 3.75. The minimum Gasteiger partial charge on any atom is -0.492 e. The SMILES string of the molecule is CC(C)(C)S(=O)(=O)CCOc1ccc2c(c1)NC(=O)CC2. The van der Waals surface area contributed by atoms with Crippen molar-refractivity contribution in [3.05, 3.63) is 23.8 Å². The van der Waals surface area contributed by atoms with Crippen molar-refractivity contribution in [2.45, 2.75) is 38.4 Å². The van der Waals surface area contributed by atoms with Crippen LogP contribution in [0.15, 0.2) is 18.2 Å². The highest BCUT2D eigenvalue weighted by atomic mass is 32.2. The fraction of sp³-hybridized carbons (Fsp3) is 0.533. The highest BCUT2D eigenvalue weighted by Gasteiger charge is 2.28. The maximum Gasteiger partial charge on any atom is 0.224 e. The summed E-state index contributed by atoms with van der Waals surface area (Å²) < 4.78 is 28.7. The second kappa shape index (κ2) is 5.67. The first-order valence-corrected chi connectivity index (χ1v) is 8.62. The Bertz CT molecular complexity index is 644. The average Bonchev–Trinajstić information content (AvgIpc) is 2.36. The van der Waals surface area contributed by atoms with Crippen molar-refractivity contribution in [2.24, 2.45) is 0 Å². The van der Waals surface area contributed by atoms with E-state index in [4.69, 9.17) is 4.74 Å². The van der Waals surface area contributed by atoms with Gasteiger partial charge in [0.25, 0.3) is 0 Å². The van der Waals surface area contributed by atoms with E-state index in [2.05, 4.69) is 5.32 Å². The molecule has 21 heavy (non-hydrogen) atoms. The van der Waals surface area contributed by atoms with Crippen molar-refractivity contribution in [2.75, 3.05) is 17.7 Å². The number of sulfone groups is 1. The van der Waals surface area contributed by atoms with Gasteiger partial charge in [-0.05, 0) is 38.8 Å². The molecule has 1 aromatic carbocycles. The molecular weight excluding hydrogens is 290 g/mol. The zero-order valence-electron chi connectivity index (χ0n) is 12.6. The van der Waals surface area contributed by atoms with Crippen LogP contribution in [0.4, 0.5) is 5.69 Å². The van der Waals surface area contributed by atoms with Crippen LogP contribution in [-0.4, -0.2) is 31.4 Å². The molecule has 1 N–H and O–H groups in total. The van der Waals surface area contributed by atoms with E-state index in [-0.39, 0.29) is 18.3 Å². The van der Waals surface area contributed by atoms with Gasteiger partial charge in [0, 0.05) is 18.2 Å². The molecule has 1 amide bonds. The quantitative estimate of drug-likeness (QED) is 0.925. The summed E-state index contributed by atoms with van der Waals surface area (Å²) in [7, 11) is -3.19. The first-order valence-electron chi connectivity index (χ1n) is 6.97. The van der Waals surface area contributed by atoms with E-state index in [1.807, 2.05) is 6.07 Å². The number of benzene rings is 1. The summed E-state index contributed by atoms with van der Waals surface area (Å²) in [6, 6.07) is 5.46. The van der Waals surface area contributed by atoms with Gasteiger partial charge in [0.1, 0.15) is 12.4 Å². The number of hydrogen-bond donors (Lipinski definition) is 1. The molecule has 116 valence electrons. The van der Waals surface area contributed by atoms with Crippen LogP contribution in [0, 0.1) is 0 Å². The predicted octanol–water partition coefficient (Wildman–Crippen LogP) is 2.16. The van der Waals surface area contributed by atoms with Gasteiger partial charge < -0.3 is 10.1 Å². The van der Waals surface area contributed by atoms with Gasteiger partial charge >= 0.3 is 0 Å². The molecule has 0 fully saturated rings. The summed E-state index contributed by atoms with van der Waals surface area (Å²) in [6.45, 7) is 5.14. The van der Waals surface area contributed by atoms with Crippen LogP contribution in [0.5, 0.6) is 5.75 Å². The van der Waals surface area contributed by atoms with Crippen LogP contribution < -0.4 is 10.1 Å². The molecule has 1 aliphatic rings. The van der Waals surface area contributed by atoms with Crippen LogP contribution in [0.2, 0.25) is 0 Å². The molecule has 0 unspecified atom stereocenters. The molecule has 1 aliphatic heterocycles. The smallest absolute Gasteiger partial charge is 0.224 e. The molecule has 0 radical (unpaired) electrons. The number of hydrogen-bond acceptors (Lipinski definition) is 4. The Balaban J connectivity index is 1.99. The van der Waals surface area contributed by atoms with E-state index in [0.717, 1.165) is 17.7 Å². The van der Waals surface area contributed by atoms with Crippen LogP contribution >= 0.6 is 0 Å². The van der Waals surface area contributed by atoms with Gasteiger partial charge in [-0.3, -0.25) is 4.79 Å². The molecular formula is C15H21NO4S. The van der Waals surface area contributed by atoms with E-state index in [1.165, 1.54) is 0 Å². The number of carbonyl (C=O) groups excluding carboxylic acids is 1. The molecule has 6 heteroatoms. The van der Waals surface area contributed by atoms with Crippen molar-refractivity contribution in [1.29, 1.82) is 0 Å². The fourth-order valence-corrected chi connectivity index (χ4v) is 2.93. The maximum atomic E-state index is 12.0. The maximum absolute atomic E-state index is 12.0. The number of carbonyl (C=O) groups is 1. The number of amides is 1. The van der Waals surface area contributed by atoms with Gasteiger partial charge in [-0.25, -0.2) is 8.42 Å². The van der Waals surface area contributed by atoms with E-state index in [1.54, 1.807) is 32.9 Å². The van der Waals surface area contributed by atoms with Crippen molar-refractivity contribution in [3.63, 3.8) is 0 Å². The largest absolute Gasteiger partial charge is 0.492 e. The Morgan fingerprint density at radius 3 is 2.62 bits per heavy atom. The molecule has 5 nitrogen and oxygen atoms in total. The molecule has 0 spiro atoms. The lowest BCUT2D eigenvalue weighted by Crippen LogP contribution is -2.32. The summed E-state index contributed by atoms with van der Waals surface area (Å²) in [6.07, 6.45) is 1.22. The summed E-state index contributed by atoms with van der Waals surface area (Å²) in [5, 5.41) is 2.79. The van der Waals surface area contributed by atoms with Gasteiger partial charge in [0.05, 0.1) is 10.5 Å². The molecule has 0 atom stereocenters. The summed E-state index contributed by atoms with van der Waals surface area (Å²) in [4.78, 5) is 11.4. The summed E-state index contributed by atoms with van der Waals surface area (Å²) >= 11 is 0. The third-order valence-corrected chi connectivity index (χ3v) is 6.10. The molecule has 0 aliphatic carbocycles. The minimum atomic E-state index is -3.19. The molecule has 0 aromatic heterocycles. The van der Waals surface area contributed by atoms with Gasteiger partial charge in [0.15, 0.2) is 9.84 Å². The van der Waals surface area contributed by atoms with E-state index in [9.17, 15) is 13.2 Å². The van der Waals surface area contributed by atoms with Gasteiger partial charge in [-0.2, -0.15) is 0 Å². The molecule has 1 aromatic rings. The van der Waals surface area contributed by atoms with Crippen LogP contribution in [0.3, 0.4) is 0 Å². The topological polar surface area (TPSA) is 72.5 Å². The Morgan fingerprint density at radius 2 is 1.95 bits per heavy atom. The standard InChI is InChI=1S/C15H21NO4S/c1-15(2,3)21(18,19)9-8-20-12-6-4-11-5-7-14(17)16-13(11)10-12/h4,6,10H,5,7-9H2,1-3H3,(H,16,17). The lowest BCUT2D eigenvalue weighted by Gasteiger charge is -2.20. The van der Waals surface area contributed by atoms with Crippen molar-refractivity contribution < 1.29 is 17.9 Å². The second-order valence-corrected chi connectivity index (χ2v) is 9.01. The molecule has 2 rings (SSSR count). The number of rotatable bonds is 4. The molecule has 0 saturated heterocycles. The Kier molecular flexibility index (Phi) is 4.27. The Hall–Kier alpha value is -1.56. The van der Waals surface area contributed by atoms with Crippen molar-refractivity contribution in [3.8, 4) is 5.75 Å². The number of anilines is 1. The first-order chi connectivity index (χ1) is 9.69. The summed E-state index contributed by atoms with van der Waals surface area (Å²) in [5.41, 5.74) is 1.83. The Morgan fingerprint density at radius 1 is 1.24 bits per heavy atom.